The summed E-state index contributed by atoms with van der Waals surface area (Å²) in [5, 5.41) is 20.3. The van der Waals surface area contributed by atoms with Crippen molar-refractivity contribution in [2.45, 2.75) is 45.7 Å². The zero-order valence-corrected chi connectivity index (χ0v) is 21.2. The summed E-state index contributed by atoms with van der Waals surface area (Å²) in [6, 6.07) is 15.5. The smallest absolute Gasteiger partial charge is 0.284 e. The fourth-order valence-electron chi connectivity index (χ4n) is 4.98. The molecule has 37 heavy (non-hydrogen) atoms. The predicted octanol–water partition coefficient (Wildman–Crippen LogP) is 5.66. The second-order valence-electron chi connectivity index (χ2n) is 9.42. The topological polar surface area (TPSA) is 102 Å². The second kappa shape index (κ2) is 9.40. The first-order valence-corrected chi connectivity index (χ1v) is 13.1. The van der Waals surface area contributed by atoms with Gasteiger partial charge in [0.1, 0.15) is 11.4 Å². The van der Waals surface area contributed by atoms with Crippen molar-refractivity contribution in [1.82, 2.24) is 14.1 Å². The molecule has 0 fully saturated rings. The normalized spacial score (nSPS) is 13.5. The van der Waals surface area contributed by atoms with Gasteiger partial charge in [-0.1, -0.05) is 48.0 Å². The highest BCUT2D eigenvalue weighted by atomic mass is 32.1. The Bertz CT molecular complexity index is 1740. The molecule has 3 aromatic heterocycles. The number of aryl methyl sites for hydroxylation is 3. The number of carbonyl (C=O) groups excluding carboxylic acids is 1. The Morgan fingerprint density at radius 1 is 1.11 bits per heavy atom. The SMILES string of the molecule is Cc1ccc(Cn2c(O)c(N=NC(=O)Cn3cnc4sc5c(c4c3=O)CCCC5)c3ccccc32)cc1. The highest BCUT2D eigenvalue weighted by molar-refractivity contribution is 7.18. The van der Waals surface area contributed by atoms with E-state index >= 15 is 0 Å². The first kappa shape index (κ1) is 23.3. The summed E-state index contributed by atoms with van der Waals surface area (Å²) >= 11 is 1.57. The van der Waals surface area contributed by atoms with Gasteiger partial charge in [0.2, 0.25) is 5.88 Å². The van der Waals surface area contributed by atoms with Crippen LogP contribution in [0.4, 0.5) is 5.69 Å². The molecule has 1 aliphatic carbocycles. The van der Waals surface area contributed by atoms with Crippen LogP contribution in [0.5, 0.6) is 5.88 Å². The number of benzene rings is 2. The lowest BCUT2D eigenvalue weighted by Gasteiger charge is -2.10. The Morgan fingerprint density at radius 3 is 2.73 bits per heavy atom. The molecule has 0 unspecified atom stereocenters. The van der Waals surface area contributed by atoms with Gasteiger partial charge in [-0.05, 0) is 49.8 Å². The molecule has 186 valence electrons. The van der Waals surface area contributed by atoms with Crippen molar-refractivity contribution in [1.29, 1.82) is 0 Å². The minimum atomic E-state index is -0.595. The number of fused-ring (bicyclic) bond motifs is 4. The molecule has 3 heterocycles. The first-order valence-electron chi connectivity index (χ1n) is 12.3. The molecule has 6 rings (SSSR count). The molecule has 0 aliphatic heterocycles. The Morgan fingerprint density at radius 2 is 1.89 bits per heavy atom. The molecule has 5 aromatic rings. The summed E-state index contributed by atoms with van der Waals surface area (Å²) in [5.74, 6) is -0.661. The predicted molar refractivity (Wildman–Crippen MR) is 144 cm³/mol. The van der Waals surface area contributed by atoms with Crippen LogP contribution in [0.15, 0.2) is 69.9 Å². The molecule has 0 saturated carbocycles. The van der Waals surface area contributed by atoms with Gasteiger partial charge in [-0.15, -0.1) is 21.6 Å². The third-order valence-corrected chi connectivity index (χ3v) is 8.09. The maximum Gasteiger partial charge on any atom is 0.284 e. The second-order valence-corrected chi connectivity index (χ2v) is 10.5. The number of hydrogen-bond acceptors (Lipinski definition) is 6. The summed E-state index contributed by atoms with van der Waals surface area (Å²) in [6.45, 7) is 2.21. The van der Waals surface area contributed by atoms with Crippen LogP contribution >= 0.6 is 11.3 Å². The van der Waals surface area contributed by atoms with Crippen molar-refractivity contribution in [3.05, 3.63) is 86.8 Å². The molecular weight excluding hydrogens is 486 g/mol. The number of aromatic hydroxyl groups is 1. The molecule has 0 saturated heterocycles. The van der Waals surface area contributed by atoms with Crippen molar-refractivity contribution in [2.24, 2.45) is 10.2 Å². The third kappa shape index (κ3) is 4.25. The molecule has 8 nitrogen and oxygen atoms in total. The lowest BCUT2D eigenvalue weighted by Crippen LogP contribution is -2.24. The Hall–Kier alpha value is -4.11. The van der Waals surface area contributed by atoms with E-state index in [2.05, 4.69) is 15.2 Å². The van der Waals surface area contributed by atoms with E-state index in [-0.39, 0.29) is 23.7 Å². The number of thiophene rings is 1. The van der Waals surface area contributed by atoms with Crippen molar-refractivity contribution >= 4 is 44.1 Å². The molecule has 9 heteroatoms. The Kier molecular flexibility index (Phi) is 5.92. The van der Waals surface area contributed by atoms with E-state index in [4.69, 9.17) is 0 Å². The number of carbonyl (C=O) groups is 1. The van der Waals surface area contributed by atoms with Crippen LogP contribution in [0.1, 0.15) is 34.4 Å². The number of amides is 1. The highest BCUT2D eigenvalue weighted by Gasteiger charge is 2.21. The van der Waals surface area contributed by atoms with Gasteiger partial charge in [-0.3, -0.25) is 14.2 Å². The maximum absolute atomic E-state index is 13.2. The van der Waals surface area contributed by atoms with Crippen molar-refractivity contribution in [2.75, 3.05) is 0 Å². The van der Waals surface area contributed by atoms with Gasteiger partial charge in [0.15, 0.2) is 5.69 Å². The average molecular weight is 512 g/mol. The molecule has 0 bridgehead atoms. The number of azo groups is 1. The third-order valence-electron chi connectivity index (χ3n) is 6.89. The van der Waals surface area contributed by atoms with Gasteiger partial charge < -0.3 is 9.67 Å². The molecule has 0 radical (unpaired) electrons. The number of aromatic nitrogens is 3. The van der Waals surface area contributed by atoms with Crippen molar-refractivity contribution in [3.8, 4) is 5.88 Å². The fraction of sp³-hybridized carbons (Fsp3) is 0.250. The van der Waals surface area contributed by atoms with Crippen LogP contribution in [-0.2, 0) is 30.7 Å². The van der Waals surface area contributed by atoms with E-state index in [1.165, 1.54) is 15.8 Å². The van der Waals surface area contributed by atoms with Crippen LogP contribution in [0, 0.1) is 6.92 Å². The van der Waals surface area contributed by atoms with Crippen LogP contribution in [0.3, 0.4) is 0 Å². The van der Waals surface area contributed by atoms with Crippen LogP contribution < -0.4 is 5.56 Å². The Balaban J connectivity index is 1.29. The summed E-state index contributed by atoms with van der Waals surface area (Å²) < 4.78 is 3.05. The first-order chi connectivity index (χ1) is 18.0. The molecule has 1 aliphatic rings. The van der Waals surface area contributed by atoms with Crippen LogP contribution in [0.25, 0.3) is 21.1 Å². The van der Waals surface area contributed by atoms with E-state index in [1.54, 1.807) is 15.9 Å². The van der Waals surface area contributed by atoms with Gasteiger partial charge in [0, 0.05) is 10.3 Å². The van der Waals surface area contributed by atoms with E-state index in [0.29, 0.717) is 17.3 Å². The molecule has 0 spiro atoms. The largest absolute Gasteiger partial charge is 0.493 e. The molecule has 2 aromatic carbocycles. The van der Waals surface area contributed by atoms with Gasteiger partial charge in [0.25, 0.3) is 11.5 Å². The van der Waals surface area contributed by atoms with Gasteiger partial charge in [-0.2, -0.15) is 0 Å². The number of rotatable bonds is 5. The Labute approximate surface area is 216 Å². The zero-order chi connectivity index (χ0) is 25.5. The maximum atomic E-state index is 13.2. The number of hydrogen-bond donors (Lipinski definition) is 1. The van der Waals surface area contributed by atoms with E-state index in [0.717, 1.165) is 52.7 Å². The number of para-hydroxylation sites is 1. The van der Waals surface area contributed by atoms with Gasteiger partial charge in [0.05, 0.1) is 23.8 Å². The number of nitrogens with zero attached hydrogens (tertiary/aromatic N) is 5. The van der Waals surface area contributed by atoms with Crippen molar-refractivity contribution in [3.63, 3.8) is 0 Å². The zero-order valence-electron chi connectivity index (χ0n) is 20.3. The van der Waals surface area contributed by atoms with Crippen molar-refractivity contribution < 1.29 is 9.90 Å². The van der Waals surface area contributed by atoms with E-state index in [9.17, 15) is 14.7 Å². The quantitative estimate of drug-likeness (QED) is 0.307. The summed E-state index contributed by atoms with van der Waals surface area (Å²) in [6.07, 6.45) is 5.44. The lowest BCUT2D eigenvalue weighted by atomic mass is 9.97. The molecule has 1 N–H and O–H groups in total. The average Bonchev–Trinajstić information content (AvgIpc) is 3.41. The summed E-state index contributed by atoms with van der Waals surface area (Å²) in [7, 11) is 0. The minimum absolute atomic E-state index is 0.0662. The van der Waals surface area contributed by atoms with Crippen LogP contribution in [0.2, 0.25) is 0 Å². The van der Waals surface area contributed by atoms with E-state index in [1.807, 2.05) is 55.5 Å². The molecule has 1 amide bonds. The molecular formula is C28H25N5O3S. The standard InChI is InChI=1S/C28H25N5O3S/c1-17-10-12-18(13-11-17)14-33-21-8-4-2-6-19(21)25(28(33)36)31-30-23(34)15-32-16-29-26-24(27(32)35)20-7-3-5-9-22(20)37-26/h2,4,6,8,10-13,16,36H,3,5,7,9,14-15H2,1H3. The van der Waals surface area contributed by atoms with Gasteiger partial charge >= 0.3 is 0 Å². The summed E-state index contributed by atoms with van der Waals surface area (Å²) in [5.41, 5.74) is 4.06. The van der Waals surface area contributed by atoms with Gasteiger partial charge in [-0.25, -0.2) is 4.98 Å². The summed E-state index contributed by atoms with van der Waals surface area (Å²) in [4.78, 5) is 32.3. The van der Waals surface area contributed by atoms with E-state index < -0.39 is 5.91 Å². The fourth-order valence-corrected chi connectivity index (χ4v) is 6.20. The molecule has 0 atom stereocenters. The minimum Gasteiger partial charge on any atom is -0.493 e. The van der Waals surface area contributed by atoms with Crippen LogP contribution in [-0.4, -0.2) is 25.1 Å². The monoisotopic (exact) mass is 511 g/mol. The lowest BCUT2D eigenvalue weighted by molar-refractivity contribution is -0.118. The highest BCUT2D eigenvalue weighted by Crippen LogP contribution is 2.39.